The minimum Gasteiger partial charge on any atom is -0.387 e. The molecule has 0 aliphatic carbocycles. The Kier molecular flexibility index (Phi) is 4.71. The molecule has 2 rings (SSSR count). The first kappa shape index (κ1) is 14.1. The summed E-state index contributed by atoms with van der Waals surface area (Å²) in [4.78, 5) is 16.3. The van der Waals surface area contributed by atoms with Crippen molar-refractivity contribution >= 4 is 17.3 Å². The molecule has 0 fully saturated rings. The van der Waals surface area contributed by atoms with E-state index in [4.69, 9.17) is 0 Å². The van der Waals surface area contributed by atoms with Crippen LogP contribution in [-0.4, -0.2) is 17.9 Å². The van der Waals surface area contributed by atoms with Crippen LogP contribution >= 0.6 is 0 Å². The number of rotatable bonds is 5. The van der Waals surface area contributed by atoms with Crippen LogP contribution in [0.2, 0.25) is 0 Å². The normalized spacial score (nSPS) is 10.1. The molecule has 0 bridgehead atoms. The molecular weight excluding hydrogens is 250 g/mol. The SMILES string of the molecule is CCCc1ccccc1NC(=O)c1ccc(NC)cn1. The molecule has 0 aliphatic rings. The second-order valence-electron chi connectivity index (χ2n) is 4.54. The summed E-state index contributed by atoms with van der Waals surface area (Å²) in [5.74, 6) is -0.184. The van der Waals surface area contributed by atoms with Gasteiger partial charge in [0.2, 0.25) is 0 Å². The number of anilines is 2. The molecule has 0 saturated carbocycles. The highest BCUT2D eigenvalue weighted by Crippen LogP contribution is 2.17. The summed E-state index contributed by atoms with van der Waals surface area (Å²) >= 11 is 0. The fourth-order valence-electron chi connectivity index (χ4n) is 1.99. The van der Waals surface area contributed by atoms with Gasteiger partial charge in [-0.2, -0.15) is 0 Å². The van der Waals surface area contributed by atoms with Crippen LogP contribution in [0.5, 0.6) is 0 Å². The number of aryl methyl sites for hydroxylation is 1. The van der Waals surface area contributed by atoms with Gasteiger partial charge in [-0.05, 0) is 30.2 Å². The van der Waals surface area contributed by atoms with Crippen molar-refractivity contribution in [2.24, 2.45) is 0 Å². The fourth-order valence-corrected chi connectivity index (χ4v) is 1.99. The maximum atomic E-state index is 12.2. The molecule has 0 spiro atoms. The van der Waals surface area contributed by atoms with Gasteiger partial charge in [0.1, 0.15) is 5.69 Å². The van der Waals surface area contributed by atoms with Crippen molar-refractivity contribution in [3.8, 4) is 0 Å². The summed E-state index contributed by atoms with van der Waals surface area (Å²) in [6, 6.07) is 11.4. The molecule has 0 saturated heterocycles. The molecule has 104 valence electrons. The smallest absolute Gasteiger partial charge is 0.274 e. The van der Waals surface area contributed by atoms with E-state index in [1.54, 1.807) is 12.3 Å². The number of carbonyl (C=O) groups excluding carboxylic acids is 1. The molecule has 0 unspecified atom stereocenters. The van der Waals surface area contributed by atoms with Gasteiger partial charge in [-0.1, -0.05) is 31.5 Å². The number of nitrogens with zero attached hydrogens (tertiary/aromatic N) is 1. The number of nitrogens with one attached hydrogen (secondary N) is 2. The third-order valence-corrected chi connectivity index (χ3v) is 3.07. The van der Waals surface area contributed by atoms with Gasteiger partial charge in [0, 0.05) is 12.7 Å². The molecule has 1 amide bonds. The fraction of sp³-hybridized carbons (Fsp3) is 0.250. The van der Waals surface area contributed by atoms with Gasteiger partial charge in [0.15, 0.2) is 0 Å². The van der Waals surface area contributed by atoms with Crippen LogP contribution in [0, 0.1) is 0 Å². The van der Waals surface area contributed by atoms with Crippen molar-refractivity contribution in [2.75, 3.05) is 17.7 Å². The Hall–Kier alpha value is -2.36. The lowest BCUT2D eigenvalue weighted by atomic mass is 10.1. The predicted molar refractivity (Wildman–Crippen MR) is 82.2 cm³/mol. The minimum absolute atomic E-state index is 0.184. The topological polar surface area (TPSA) is 54.0 Å². The number of amides is 1. The average Bonchev–Trinajstić information content (AvgIpc) is 2.49. The first-order chi connectivity index (χ1) is 9.74. The Morgan fingerprint density at radius 1 is 1.20 bits per heavy atom. The summed E-state index contributed by atoms with van der Waals surface area (Å²) < 4.78 is 0. The second-order valence-corrected chi connectivity index (χ2v) is 4.54. The molecule has 4 nitrogen and oxygen atoms in total. The highest BCUT2D eigenvalue weighted by atomic mass is 16.1. The van der Waals surface area contributed by atoms with Crippen LogP contribution in [0.4, 0.5) is 11.4 Å². The number of benzene rings is 1. The average molecular weight is 269 g/mol. The summed E-state index contributed by atoms with van der Waals surface area (Å²) in [5, 5.41) is 5.90. The number of aromatic nitrogens is 1. The standard InChI is InChI=1S/C16H19N3O/c1-3-6-12-7-4-5-8-14(12)19-16(20)15-10-9-13(17-2)11-18-15/h4-5,7-11,17H,3,6H2,1-2H3,(H,19,20). The lowest BCUT2D eigenvalue weighted by Gasteiger charge is -2.10. The van der Waals surface area contributed by atoms with Gasteiger partial charge in [-0.25, -0.2) is 4.98 Å². The van der Waals surface area contributed by atoms with Crippen LogP contribution in [0.3, 0.4) is 0 Å². The van der Waals surface area contributed by atoms with E-state index in [0.717, 1.165) is 29.8 Å². The molecule has 2 N–H and O–H groups in total. The quantitative estimate of drug-likeness (QED) is 0.875. The van der Waals surface area contributed by atoms with Crippen LogP contribution in [-0.2, 0) is 6.42 Å². The molecule has 2 aromatic rings. The van der Waals surface area contributed by atoms with Gasteiger partial charge in [0.25, 0.3) is 5.91 Å². The van der Waals surface area contributed by atoms with Crippen molar-refractivity contribution in [1.29, 1.82) is 0 Å². The van der Waals surface area contributed by atoms with Crippen molar-refractivity contribution in [3.63, 3.8) is 0 Å². The van der Waals surface area contributed by atoms with E-state index >= 15 is 0 Å². The molecule has 1 heterocycles. The molecule has 1 aromatic carbocycles. The maximum absolute atomic E-state index is 12.2. The second kappa shape index (κ2) is 6.70. The van der Waals surface area contributed by atoms with E-state index in [1.807, 2.05) is 37.4 Å². The van der Waals surface area contributed by atoms with E-state index in [1.165, 1.54) is 0 Å². The van der Waals surface area contributed by atoms with Crippen LogP contribution in [0.25, 0.3) is 0 Å². The van der Waals surface area contributed by atoms with E-state index in [9.17, 15) is 4.79 Å². The Labute approximate surface area is 119 Å². The van der Waals surface area contributed by atoms with Crippen LogP contribution in [0.1, 0.15) is 29.4 Å². The predicted octanol–water partition coefficient (Wildman–Crippen LogP) is 3.33. The third kappa shape index (κ3) is 3.35. The third-order valence-electron chi connectivity index (χ3n) is 3.07. The lowest BCUT2D eigenvalue weighted by Crippen LogP contribution is -2.14. The first-order valence-electron chi connectivity index (χ1n) is 6.77. The minimum atomic E-state index is -0.184. The summed E-state index contributed by atoms with van der Waals surface area (Å²) in [7, 11) is 1.82. The Morgan fingerprint density at radius 3 is 2.65 bits per heavy atom. The van der Waals surface area contributed by atoms with Crippen molar-refractivity contribution < 1.29 is 4.79 Å². The number of carbonyl (C=O) groups is 1. The highest BCUT2D eigenvalue weighted by molar-refractivity contribution is 6.03. The maximum Gasteiger partial charge on any atom is 0.274 e. The van der Waals surface area contributed by atoms with E-state index in [2.05, 4.69) is 22.5 Å². The number of hydrogen-bond acceptors (Lipinski definition) is 3. The lowest BCUT2D eigenvalue weighted by molar-refractivity contribution is 0.102. The molecule has 1 aromatic heterocycles. The number of hydrogen-bond donors (Lipinski definition) is 2. The van der Waals surface area contributed by atoms with Gasteiger partial charge >= 0.3 is 0 Å². The largest absolute Gasteiger partial charge is 0.387 e. The zero-order valence-corrected chi connectivity index (χ0v) is 11.8. The van der Waals surface area contributed by atoms with Crippen molar-refractivity contribution in [1.82, 2.24) is 4.98 Å². The molecule has 0 atom stereocenters. The Bertz CT molecular complexity index is 579. The van der Waals surface area contributed by atoms with Crippen LogP contribution < -0.4 is 10.6 Å². The van der Waals surface area contributed by atoms with E-state index in [0.29, 0.717) is 5.69 Å². The van der Waals surface area contributed by atoms with E-state index in [-0.39, 0.29) is 5.91 Å². The molecule has 0 radical (unpaired) electrons. The van der Waals surface area contributed by atoms with Crippen molar-refractivity contribution in [3.05, 3.63) is 53.9 Å². The molecule has 20 heavy (non-hydrogen) atoms. The zero-order chi connectivity index (χ0) is 14.4. The summed E-state index contributed by atoms with van der Waals surface area (Å²) in [6.45, 7) is 2.12. The number of pyridine rings is 1. The molecule has 4 heteroatoms. The van der Waals surface area contributed by atoms with Crippen molar-refractivity contribution in [2.45, 2.75) is 19.8 Å². The number of para-hydroxylation sites is 1. The summed E-state index contributed by atoms with van der Waals surface area (Å²) in [6.07, 6.45) is 3.64. The zero-order valence-electron chi connectivity index (χ0n) is 11.8. The Morgan fingerprint density at radius 2 is 2.00 bits per heavy atom. The Balaban J connectivity index is 2.14. The summed E-state index contributed by atoms with van der Waals surface area (Å²) in [5.41, 5.74) is 3.30. The van der Waals surface area contributed by atoms with Gasteiger partial charge in [0.05, 0.1) is 11.9 Å². The van der Waals surface area contributed by atoms with Gasteiger partial charge < -0.3 is 10.6 Å². The van der Waals surface area contributed by atoms with Crippen LogP contribution in [0.15, 0.2) is 42.6 Å². The van der Waals surface area contributed by atoms with Gasteiger partial charge in [-0.3, -0.25) is 4.79 Å². The molecular formula is C16H19N3O. The van der Waals surface area contributed by atoms with E-state index < -0.39 is 0 Å². The first-order valence-corrected chi connectivity index (χ1v) is 6.77. The van der Waals surface area contributed by atoms with Gasteiger partial charge in [-0.15, -0.1) is 0 Å². The highest BCUT2D eigenvalue weighted by Gasteiger charge is 2.09. The monoisotopic (exact) mass is 269 g/mol. The molecule has 0 aliphatic heterocycles.